The van der Waals surface area contributed by atoms with Crippen molar-refractivity contribution < 1.29 is 28.2 Å². The van der Waals surface area contributed by atoms with E-state index in [1.54, 1.807) is 25.3 Å². The Morgan fingerprint density at radius 1 is 1.03 bits per heavy atom. The molecule has 8 nitrogen and oxygen atoms in total. The van der Waals surface area contributed by atoms with Gasteiger partial charge in [-0.05, 0) is 42.5 Å². The number of methoxy groups -OCH3 is 1. The molecule has 3 aromatic rings. The van der Waals surface area contributed by atoms with Gasteiger partial charge in [0.1, 0.15) is 11.3 Å². The van der Waals surface area contributed by atoms with Gasteiger partial charge in [-0.25, -0.2) is 14.6 Å². The summed E-state index contributed by atoms with van der Waals surface area (Å²) >= 11 is 0. The van der Waals surface area contributed by atoms with E-state index < -0.39 is 17.7 Å². The summed E-state index contributed by atoms with van der Waals surface area (Å²) in [6, 6.07) is 12.6. The third kappa shape index (κ3) is 3.77. The van der Waals surface area contributed by atoms with Crippen molar-refractivity contribution in [1.29, 1.82) is 0 Å². The second-order valence-corrected chi connectivity index (χ2v) is 6.81. The molecule has 8 heteroatoms. The summed E-state index contributed by atoms with van der Waals surface area (Å²) in [5.74, 6) is -1.55. The minimum atomic E-state index is -1.27. The molecule has 1 fully saturated rings. The Balaban J connectivity index is 1.56. The molecule has 0 aliphatic carbocycles. The molecule has 0 spiro atoms. The van der Waals surface area contributed by atoms with Crippen LogP contribution >= 0.6 is 0 Å². The number of aromatic nitrogens is 1. The van der Waals surface area contributed by atoms with Crippen LogP contribution in [0.5, 0.6) is 5.75 Å². The molecule has 1 aliphatic rings. The Morgan fingerprint density at radius 2 is 1.72 bits per heavy atom. The summed E-state index contributed by atoms with van der Waals surface area (Å²) in [6.07, 6.45) is 1.26. The molecule has 29 heavy (non-hydrogen) atoms. The van der Waals surface area contributed by atoms with Crippen molar-refractivity contribution in [2.24, 2.45) is 0 Å². The first-order valence-corrected chi connectivity index (χ1v) is 8.83. The molecule has 0 bridgehead atoms. The van der Waals surface area contributed by atoms with E-state index in [4.69, 9.17) is 18.6 Å². The number of carbonyl (C=O) groups is 2. The molecule has 0 unspecified atom stereocenters. The second-order valence-electron chi connectivity index (χ2n) is 6.81. The Kier molecular flexibility index (Phi) is 4.46. The van der Waals surface area contributed by atoms with Crippen LogP contribution in [-0.2, 0) is 19.1 Å². The molecule has 0 atom stereocenters. The highest BCUT2D eigenvalue weighted by Gasteiger charge is 2.38. The number of rotatable bonds is 4. The number of ether oxygens (including phenoxy) is 3. The lowest BCUT2D eigenvalue weighted by atomic mass is 10.2. The fraction of sp³-hybridized carbons (Fsp3) is 0.190. The lowest BCUT2D eigenvalue weighted by Gasteiger charge is -2.29. The van der Waals surface area contributed by atoms with Crippen LogP contribution in [0.25, 0.3) is 22.6 Å². The smallest absolute Gasteiger partial charge is 0.350 e. The predicted molar refractivity (Wildman–Crippen MR) is 104 cm³/mol. The van der Waals surface area contributed by atoms with E-state index in [1.165, 1.54) is 20.0 Å². The Hall–Kier alpha value is -3.81. The van der Waals surface area contributed by atoms with Crippen LogP contribution in [0.4, 0.5) is 5.69 Å². The number of esters is 2. The van der Waals surface area contributed by atoms with Crippen LogP contribution in [0.15, 0.2) is 58.7 Å². The van der Waals surface area contributed by atoms with Gasteiger partial charge in [0.05, 0.1) is 7.11 Å². The SMILES string of the molecule is COc1ccc(-c2nc3cc(NC=C4C(=O)OC(C)(C)OC4=O)ccc3o2)cc1. The van der Waals surface area contributed by atoms with E-state index in [0.717, 1.165) is 11.3 Å². The van der Waals surface area contributed by atoms with Gasteiger partial charge in [0.15, 0.2) is 11.2 Å². The minimum absolute atomic E-state index is 0.219. The second kappa shape index (κ2) is 6.97. The van der Waals surface area contributed by atoms with Gasteiger partial charge in [0.25, 0.3) is 5.79 Å². The molecule has 2 aromatic carbocycles. The van der Waals surface area contributed by atoms with Crippen LogP contribution in [-0.4, -0.2) is 29.8 Å². The first kappa shape index (κ1) is 18.5. The molecule has 2 heterocycles. The zero-order chi connectivity index (χ0) is 20.6. The van der Waals surface area contributed by atoms with Gasteiger partial charge >= 0.3 is 11.9 Å². The van der Waals surface area contributed by atoms with Crippen LogP contribution in [0, 0.1) is 0 Å². The maximum absolute atomic E-state index is 12.0. The average molecular weight is 394 g/mol. The van der Waals surface area contributed by atoms with Gasteiger partial charge in [0.2, 0.25) is 5.89 Å². The van der Waals surface area contributed by atoms with E-state index in [0.29, 0.717) is 22.7 Å². The molecular weight excluding hydrogens is 376 g/mol. The molecule has 0 radical (unpaired) electrons. The summed E-state index contributed by atoms with van der Waals surface area (Å²) in [6.45, 7) is 2.98. The zero-order valence-corrected chi connectivity index (χ0v) is 16.0. The molecule has 4 rings (SSSR count). The lowest BCUT2D eigenvalue weighted by molar-refractivity contribution is -0.222. The number of hydrogen-bond donors (Lipinski definition) is 1. The van der Waals surface area contributed by atoms with Crippen molar-refractivity contribution in [2.45, 2.75) is 19.6 Å². The summed E-state index contributed by atoms with van der Waals surface area (Å²) in [4.78, 5) is 28.5. The highest BCUT2D eigenvalue weighted by atomic mass is 16.7. The summed E-state index contributed by atoms with van der Waals surface area (Å²) < 4.78 is 21.1. The number of carbonyl (C=O) groups excluding carboxylic acids is 2. The van der Waals surface area contributed by atoms with E-state index in [1.807, 2.05) is 24.3 Å². The Labute approximate surface area is 166 Å². The number of cyclic esters (lactones) is 2. The molecule has 1 aliphatic heterocycles. The molecule has 0 amide bonds. The summed E-state index contributed by atoms with van der Waals surface area (Å²) in [7, 11) is 1.60. The normalized spacial score (nSPS) is 15.6. The third-order valence-electron chi connectivity index (χ3n) is 4.22. The first-order valence-electron chi connectivity index (χ1n) is 8.83. The molecule has 1 aromatic heterocycles. The third-order valence-corrected chi connectivity index (χ3v) is 4.22. The number of hydrogen-bond acceptors (Lipinski definition) is 8. The molecule has 148 valence electrons. The number of nitrogens with zero attached hydrogens (tertiary/aromatic N) is 1. The van der Waals surface area contributed by atoms with E-state index in [2.05, 4.69) is 10.3 Å². The van der Waals surface area contributed by atoms with Crippen molar-refractivity contribution in [3.05, 3.63) is 54.2 Å². The fourth-order valence-corrected chi connectivity index (χ4v) is 2.81. The number of nitrogens with one attached hydrogen (secondary N) is 1. The van der Waals surface area contributed by atoms with Gasteiger partial charge in [0, 0.05) is 31.3 Å². The number of benzene rings is 2. The van der Waals surface area contributed by atoms with Gasteiger partial charge in [-0.3, -0.25) is 0 Å². The van der Waals surface area contributed by atoms with Crippen molar-refractivity contribution in [3.8, 4) is 17.2 Å². The Morgan fingerprint density at radius 3 is 2.38 bits per heavy atom. The first-order chi connectivity index (χ1) is 13.8. The molecular formula is C21H18N2O6. The van der Waals surface area contributed by atoms with Crippen LogP contribution in [0.3, 0.4) is 0 Å². The molecule has 1 saturated heterocycles. The zero-order valence-electron chi connectivity index (χ0n) is 16.0. The van der Waals surface area contributed by atoms with Crippen molar-refractivity contribution in [3.63, 3.8) is 0 Å². The molecule has 0 saturated carbocycles. The monoisotopic (exact) mass is 394 g/mol. The number of oxazole rings is 1. The molecule has 1 N–H and O–H groups in total. The minimum Gasteiger partial charge on any atom is -0.497 e. The maximum Gasteiger partial charge on any atom is 0.350 e. The number of fused-ring (bicyclic) bond motifs is 1. The van der Waals surface area contributed by atoms with E-state index in [9.17, 15) is 9.59 Å². The quantitative estimate of drug-likeness (QED) is 0.407. The summed E-state index contributed by atoms with van der Waals surface area (Å²) in [5.41, 5.74) is 2.43. The largest absolute Gasteiger partial charge is 0.497 e. The lowest BCUT2D eigenvalue weighted by Crippen LogP contribution is -2.42. The maximum atomic E-state index is 12.0. The highest BCUT2D eigenvalue weighted by molar-refractivity contribution is 6.15. The van der Waals surface area contributed by atoms with Crippen molar-refractivity contribution in [1.82, 2.24) is 4.98 Å². The topological polar surface area (TPSA) is 99.9 Å². The van der Waals surface area contributed by atoms with E-state index >= 15 is 0 Å². The van der Waals surface area contributed by atoms with Crippen molar-refractivity contribution in [2.75, 3.05) is 12.4 Å². The van der Waals surface area contributed by atoms with E-state index in [-0.39, 0.29) is 5.57 Å². The van der Waals surface area contributed by atoms with Crippen molar-refractivity contribution >= 4 is 28.7 Å². The van der Waals surface area contributed by atoms with Crippen LogP contribution < -0.4 is 10.1 Å². The van der Waals surface area contributed by atoms with Gasteiger partial charge in [-0.2, -0.15) is 0 Å². The average Bonchev–Trinajstić information content (AvgIpc) is 3.10. The standard InChI is InChI=1S/C21H18N2O6/c1-21(2)28-19(24)15(20(25)29-21)11-22-13-6-9-17-16(10-13)23-18(27-17)12-4-7-14(26-3)8-5-12/h4-11,22H,1-3H3. The van der Waals surface area contributed by atoms with Gasteiger partial charge in [-0.15, -0.1) is 0 Å². The Bertz CT molecular complexity index is 1110. The van der Waals surface area contributed by atoms with Crippen LogP contribution in [0.1, 0.15) is 13.8 Å². The fourth-order valence-electron chi connectivity index (χ4n) is 2.81. The number of anilines is 1. The van der Waals surface area contributed by atoms with Gasteiger partial charge in [-0.1, -0.05) is 0 Å². The van der Waals surface area contributed by atoms with Gasteiger partial charge < -0.3 is 23.9 Å². The predicted octanol–water partition coefficient (Wildman–Crippen LogP) is 3.64. The highest BCUT2D eigenvalue weighted by Crippen LogP contribution is 2.28. The van der Waals surface area contributed by atoms with Crippen LogP contribution in [0.2, 0.25) is 0 Å². The summed E-state index contributed by atoms with van der Waals surface area (Å²) in [5, 5.41) is 2.90.